The maximum atomic E-state index is 11.1. The van der Waals surface area contributed by atoms with Crippen molar-refractivity contribution >= 4 is 29.0 Å². The molecule has 13 heavy (non-hydrogen) atoms. The molecule has 0 aromatic carbocycles. The quantitative estimate of drug-likeness (QED) is 0.459. The minimum Gasteiger partial charge on any atom is -0.414 e. The number of nitrogens with two attached hydrogens (primary N) is 1. The van der Waals surface area contributed by atoms with Crippen LogP contribution in [0, 0.1) is 0 Å². The first-order valence-corrected chi connectivity index (χ1v) is 5.43. The molecule has 0 aliphatic rings. The fraction of sp³-hybridized carbons (Fsp3) is 0.875. The SMILES string of the molecule is CC(C)(C)OC(=O)[NH2+]CCCNI. The van der Waals surface area contributed by atoms with E-state index in [1.165, 1.54) is 0 Å². The number of hydrogen-bond donors (Lipinski definition) is 2. The first-order valence-electron chi connectivity index (χ1n) is 4.35. The van der Waals surface area contributed by atoms with E-state index in [1.807, 2.05) is 20.8 Å². The Morgan fingerprint density at radius 2 is 2.15 bits per heavy atom. The van der Waals surface area contributed by atoms with Crippen LogP contribution < -0.4 is 8.85 Å². The van der Waals surface area contributed by atoms with Gasteiger partial charge in [0.05, 0.1) is 6.54 Å². The zero-order valence-corrected chi connectivity index (χ0v) is 10.6. The number of amides is 1. The van der Waals surface area contributed by atoms with Gasteiger partial charge in [0.15, 0.2) is 0 Å². The van der Waals surface area contributed by atoms with Crippen LogP contribution in [0.25, 0.3) is 0 Å². The Morgan fingerprint density at radius 1 is 1.54 bits per heavy atom. The van der Waals surface area contributed by atoms with E-state index in [-0.39, 0.29) is 11.7 Å². The summed E-state index contributed by atoms with van der Waals surface area (Å²) in [6, 6.07) is 0. The van der Waals surface area contributed by atoms with E-state index >= 15 is 0 Å². The van der Waals surface area contributed by atoms with Crippen molar-refractivity contribution in [2.24, 2.45) is 0 Å². The molecular formula is C8H18IN2O2+. The lowest BCUT2D eigenvalue weighted by Crippen LogP contribution is -2.88. The van der Waals surface area contributed by atoms with Crippen LogP contribution in [-0.2, 0) is 4.74 Å². The van der Waals surface area contributed by atoms with Gasteiger partial charge in [-0.2, -0.15) is 4.79 Å². The lowest BCUT2D eigenvalue weighted by atomic mass is 10.2. The molecule has 0 saturated heterocycles. The number of nitrogens with one attached hydrogen (secondary N) is 1. The Labute approximate surface area is 93.3 Å². The number of primary amides is 1. The first-order chi connectivity index (χ1) is 5.95. The number of halogens is 1. The predicted molar refractivity (Wildman–Crippen MR) is 59.7 cm³/mol. The van der Waals surface area contributed by atoms with Crippen molar-refractivity contribution in [2.45, 2.75) is 32.8 Å². The average Bonchev–Trinajstić information content (AvgIpc) is 1.94. The second-order valence-electron chi connectivity index (χ2n) is 3.76. The summed E-state index contributed by atoms with van der Waals surface area (Å²) in [5.41, 5.74) is -0.380. The second kappa shape index (κ2) is 6.56. The molecule has 1 amide bonds. The van der Waals surface area contributed by atoms with Crippen molar-refractivity contribution in [1.82, 2.24) is 3.53 Å². The zero-order valence-electron chi connectivity index (χ0n) is 8.39. The predicted octanol–water partition coefficient (Wildman–Crippen LogP) is 0.815. The second-order valence-corrected chi connectivity index (χ2v) is 4.53. The lowest BCUT2D eigenvalue weighted by molar-refractivity contribution is -0.572. The highest BCUT2D eigenvalue weighted by molar-refractivity contribution is 14.1. The van der Waals surface area contributed by atoms with Gasteiger partial charge in [-0.3, -0.25) is 3.53 Å². The number of carbonyl (C=O) groups excluding carboxylic acids is 1. The van der Waals surface area contributed by atoms with Gasteiger partial charge in [-0.15, -0.1) is 0 Å². The van der Waals surface area contributed by atoms with Crippen LogP contribution in [0.15, 0.2) is 0 Å². The first kappa shape index (κ1) is 13.1. The van der Waals surface area contributed by atoms with Gasteiger partial charge in [0, 0.05) is 35.8 Å². The molecule has 0 atom stereocenters. The van der Waals surface area contributed by atoms with Crippen LogP contribution in [0.5, 0.6) is 0 Å². The molecule has 78 valence electrons. The number of hydrogen-bond acceptors (Lipinski definition) is 3. The molecule has 0 spiro atoms. The molecule has 5 heteroatoms. The van der Waals surface area contributed by atoms with E-state index < -0.39 is 0 Å². The van der Waals surface area contributed by atoms with Crippen molar-refractivity contribution in [1.29, 1.82) is 0 Å². The maximum Gasteiger partial charge on any atom is 0.513 e. The molecule has 0 aromatic rings. The normalized spacial score (nSPS) is 11.4. The summed E-state index contributed by atoms with van der Waals surface area (Å²) in [4.78, 5) is 11.1. The van der Waals surface area contributed by atoms with Crippen molar-refractivity contribution in [3.8, 4) is 0 Å². The zero-order chi connectivity index (χ0) is 10.3. The fourth-order valence-electron chi connectivity index (χ4n) is 0.732. The van der Waals surface area contributed by atoms with Gasteiger partial charge in [-0.25, -0.2) is 5.32 Å². The summed E-state index contributed by atoms with van der Waals surface area (Å²) >= 11 is 2.09. The summed E-state index contributed by atoms with van der Waals surface area (Å²) in [6.07, 6.45) is 0.739. The number of ether oxygens (including phenoxy) is 1. The third-order valence-electron chi connectivity index (χ3n) is 1.19. The van der Waals surface area contributed by atoms with Crippen LogP contribution in [-0.4, -0.2) is 24.8 Å². The maximum absolute atomic E-state index is 11.1. The highest BCUT2D eigenvalue weighted by Crippen LogP contribution is 2.04. The van der Waals surface area contributed by atoms with Gasteiger partial charge in [-0.05, 0) is 20.8 Å². The molecule has 0 bridgehead atoms. The molecule has 0 unspecified atom stereocenters. The Bertz CT molecular complexity index is 157. The van der Waals surface area contributed by atoms with Gasteiger partial charge < -0.3 is 4.74 Å². The van der Waals surface area contributed by atoms with Crippen LogP contribution in [0.1, 0.15) is 27.2 Å². The minimum absolute atomic E-state index is 0.221. The van der Waals surface area contributed by atoms with E-state index in [0.717, 1.165) is 19.5 Å². The van der Waals surface area contributed by atoms with Crippen LogP contribution in [0.3, 0.4) is 0 Å². The van der Waals surface area contributed by atoms with Gasteiger partial charge in [0.25, 0.3) is 0 Å². The monoisotopic (exact) mass is 301 g/mol. The number of carbonyl (C=O) groups is 1. The van der Waals surface area contributed by atoms with Gasteiger partial charge in [-0.1, -0.05) is 0 Å². The van der Waals surface area contributed by atoms with Crippen molar-refractivity contribution in [3.63, 3.8) is 0 Å². The van der Waals surface area contributed by atoms with E-state index in [9.17, 15) is 4.79 Å². The third kappa shape index (κ3) is 10.0. The Balaban J connectivity index is 3.41. The standard InChI is InChI=1S/C8H17IN2O2/c1-8(2,3)13-7(12)10-5-4-6-11-9/h11H,4-6H2,1-3H3,(H,10,12)/p+1. The molecule has 0 fully saturated rings. The molecule has 0 aromatic heterocycles. The highest BCUT2D eigenvalue weighted by Gasteiger charge is 2.18. The van der Waals surface area contributed by atoms with E-state index in [0.29, 0.717) is 0 Å². The molecule has 0 radical (unpaired) electrons. The molecule has 0 aliphatic carbocycles. The fourth-order valence-corrected chi connectivity index (χ4v) is 1.11. The molecule has 3 N–H and O–H groups in total. The third-order valence-corrected chi connectivity index (χ3v) is 1.73. The molecule has 0 heterocycles. The molecule has 4 nitrogen and oxygen atoms in total. The molecular weight excluding hydrogens is 283 g/mol. The number of quaternary nitrogens is 1. The van der Waals surface area contributed by atoms with E-state index in [4.69, 9.17) is 4.74 Å². The average molecular weight is 301 g/mol. The molecule has 0 rings (SSSR count). The minimum atomic E-state index is -0.380. The van der Waals surface area contributed by atoms with Gasteiger partial charge in [0.1, 0.15) is 5.60 Å². The summed E-state index contributed by atoms with van der Waals surface area (Å²) < 4.78 is 8.09. The van der Waals surface area contributed by atoms with Crippen molar-refractivity contribution in [2.75, 3.05) is 13.1 Å². The Kier molecular flexibility index (Phi) is 6.62. The molecule has 0 saturated carbocycles. The number of rotatable bonds is 4. The Hall–Kier alpha value is 0.120. The summed E-state index contributed by atoms with van der Waals surface area (Å²) in [5, 5.41) is 1.60. The largest absolute Gasteiger partial charge is 0.513 e. The lowest BCUT2D eigenvalue weighted by Gasteiger charge is -2.16. The van der Waals surface area contributed by atoms with E-state index in [2.05, 4.69) is 26.4 Å². The molecule has 0 aliphatic heterocycles. The summed E-state index contributed by atoms with van der Waals surface area (Å²) in [5.74, 6) is 0. The van der Waals surface area contributed by atoms with Gasteiger partial charge >= 0.3 is 6.09 Å². The van der Waals surface area contributed by atoms with Crippen LogP contribution in [0.4, 0.5) is 4.79 Å². The van der Waals surface area contributed by atoms with Crippen molar-refractivity contribution in [3.05, 3.63) is 0 Å². The van der Waals surface area contributed by atoms with E-state index in [1.54, 1.807) is 5.32 Å². The smallest absolute Gasteiger partial charge is 0.414 e. The summed E-state index contributed by atoms with van der Waals surface area (Å²) in [7, 11) is 0. The van der Waals surface area contributed by atoms with Gasteiger partial charge in [0.2, 0.25) is 0 Å². The van der Waals surface area contributed by atoms with Crippen LogP contribution in [0.2, 0.25) is 0 Å². The van der Waals surface area contributed by atoms with Crippen molar-refractivity contribution < 1.29 is 14.8 Å². The van der Waals surface area contributed by atoms with Crippen LogP contribution >= 0.6 is 22.9 Å². The highest BCUT2D eigenvalue weighted by atomic mass is 127. The summed E-state index contributed by atoms with van der Waals surface area (Å²) in [6.45, 7) is 7.28. The Morgan fingerprint density at radius 3 is 2.62 bits per heavy atom. The topological polar surface area (TPSA) is 54.9 Å².